The Morgan fingerprint density at radius 2 is 2.14 bits per heavy atom. The predicted molar refractivity (Wildman–Crippen MR) is 110 cm³/mol. The van der Waals surface area contributed by atoms with E-state index in [1.807, 2.05) is 0 Å². The number of aliphatic hydroxyl groups is 1. The van der Waals surface area contributed by atoms with Gasteiger partial charge in [0.25, 0.3) is 0 Å². The largest absolute Gasteiger partial charge is 0.477 e. The number of carbonyl (C=O) groups is 1. The summed E-state index contributed by atoms with van der Waals surface area (Å²) >= 11 is 0. The number of hydrogen-bond acceptors (Lipinski definition) is 4. The Balaban J connectivity index is 1.59. The molecule has 2 atom stereocenters. The number of carboxylic acids is 1. The minimum atomic E-state index is -1.08. The fourth-order valence-corrected chi connectivity index (χ4v) is 5.12. The molecule has 150 valence electrons. The summed E-state index contributed by atoms with van der Waals surface area (Å²) in [7, 11) is 0. The molecule has 2 aromatic heterocycles. The van der Waals surface area contributed by atoms with E-state index in [4.69, 9.17) is 0 Å². The smallest absolute Gasteiger partial charge is 0.354 e. The first kappa shape index (κ1) is 18.3. The maximum absolute atomic E-state index is 11.2. The molecule has 4 heterocycles. The quantitative estimate of drug-likeness (QED) is 0.712. The fraction of sp³-hybridized carbons (Fsp3) is 0.391. The monoisotopic (exact) mass is 391 g/mol. The van der Waals surface area contributed by atoms with Crippen LogP contribution in [0.3, 0.4) is 0 Å². The van der Waals surface area contributed by atoms with E-state index in [2.05, 4.69) is 39.6 Å². The summed E-state index contributed by atoms with van der Waals surface area (Å²) in [5.41, 5.74) is 5.69. The Morgan fingerprint density at radius 1 is 1.28 bits per heavy atom. The molecule has 0 spiro atoms. The minimum absolute atomic E-state index is 0.0434. The molecule has 1 saturated heterocycles. The summed E-state index contributed by atoms with van der Waals surface area (Å²) in [4.78, 5) is 17.7. The second-order valence-corrected chi connectivity index (χ2v) is 8.23. The van der Waals surface area contributed by atoms with Gasteiger partial charge in [0.15, 0.2) is 0 Å². The highest BCUT2D eigenvalue weighted by Gasteiger charge is 2.35. The summed E-state index contributed by atoms with van der Waals surface area (Å²) in [6.45, 7) is 4.75. The molecule has 0 aliphatic carbocycles. The van der Waals surface area contributed by atoms with Gasteiger partial charge in [-0.25, -0.2) is 9.78 Å². The first-order chi connectivity index (χ1) is 14.0. The molecule has 2 aliphatic rings. The molecular weight excluding hydrogens is 366 g/mol. The van der Waals surface area contributed by atoms with Crippen molar-refractivity contribution in [2.45, 2.75) is 44.9 Å². The third kappa shape index (κ3) is 3.03. The number of aliphatic hydroxyl groups excluding tert-OH is 1. The van der Waals surface area contributed by atoms with Gasteiger partial charge in [0.1, 0.15) is 5.69 Å². The van der Waals surface area contributed by atoms with Gasteiger partial charge in [0.2, 0.25) is 0 Å². The SMILES string of the molecule is Cc1ccc2c(c1)c1c(n2CC(O)c2ccnc(C(=O)O)c2)CCN2CCCC12. The van der Waals surface area contributed by atoms with Crippen molar-refractivity contribution in [3.8, 4) is 0 Å². The van der Waals surface area contributed by atoms with Crippen molar-refractivity contribution in [1.29, 1.82) is 0 Å². The molecule has 0 amide bonds. The van der Waals surface area contributed by atoms with E-state index in [1.165, 1.54) is 53.9 Å². The summed E-state index contributed by atoms with van der Waals surface area (Å²) in [5, 5.41) is 21.5. The first-order valence-electron chi connectivity index (χ1n) is 10.3. The molecule has 0 bridgehead atoms. The van der Waals surface area contributed by atoms with E-state index in [1.54, 1.807) is 6.07 Å². The number of aromatic nitrogens is 2. The molecular formula is C23H25N3O3. The summed E-state index contributed by atoms with van der Waals surface area (Å²) in [6.07, 6.45) is 4.06. The van der Waals surface area contributed by atoms with E-state index < -0.39 is 12.1 Å². The Bertz CT molecular complexity index is 1100. The van der Waals surface area contributed by atoms with Crippen LogP contribution < -0.4 is 0 Å². The van der Waals surface area contributed by atoms with Crippen LogP contribution >= 0.6 is 0 Å². The van der Waals surface area contributed by atoms with Crippen LogP contribution in [-0.4, -0.2) is 43.7 Å². The third-order valence-electron chi connectivity index (χ3n) is 6.45. The van der Waals surface area contributed by atoms with Crippen LogP contribution in [0.4, 0.5) is 0 Å². The Kier molecular flexibility index (Phi) is 4.41. The molecule has 2 aliphatic heterocycles. The number of carboxylic acid groups (broad SMARTS) is 1. The summed E-state index contributed by atoms with van der Waals surface area (Å²) < 4.78 is 2.26. The van der Waals surface area contributed by atoms with Crippen molar-refractivity contribution >= 4 is 16.9 Å². The molecule has 6 nitrogen and oxygen atoms in total. The minimum Gasteiger partial charge on any atom is -0.477 e. The lowest BCUT2D eigenvalue weighted by Crippen LogP contribution is -2.31. The number of aromatic carboxylic acids is 1. The van der Waals surface area contributed by atoms with Crippen molar-refractivity contribution in [1.82, 2.24) is 14.5 Å². The van der Waals surface area contributed by atoms with Crippen LogP contribution in [0.5, 0.6) is 0 Å². The highest BCUT2D eigenvalue weighted by atomic mass is 16.4. The van der Waals surface area contributed by atoms with Crippen molar-refractivity contribution in [2.75, 3.05) is 13.1 Å². The fourth-order valence-electron chi connectivity index (χ4n) is 5.12. The van der Waals surface area contributed by atoms with Crippen LogP contribution in [0, 0.1) is 6.92 Å². The van der Waals surface area contributed by atoms with E-state index >= 15 is 0 Å². The van der Waals surface area contributed by atoms with E-state index in [0.29, 0.717) is 18.2 Å². The molecule has 1 fully saturated rings. The molecule has 29 heavy (non-hydrogen) atoms. The van der Waals surface area contributed by atoms with E-state index in [9.17, 15) is 15.0 Å². The maximum Gasteiger partial charge on any atom is 0.354 e. The van der Waals surface area contributed by atoms with Gasteiger partial charge in [-0.05, 0) is 61.7 Å². The molecule has 5 rings (SSSR count). The molecule has 2 unspecified atom stereocenters. The number of nitrogens with zero attached hydrogens (tertiary/aromatic N) is 3. The molecule has 0 saturated carbocycles. The molecule has 3 aromatic rings. The van der Waals surface area contributed by atoms with Gasteiger partial charge in [0.05, 0.1) is 12.6 Å². The van der Waals surface area contributed by atoms with Crippen LogP contribution in [0.25, 0.3) is 10.9 Å². The first-order valence-corrected chi connectivity index (χ1v) is 10.3. The van der Waals surface area contributed by atoms with E-state index in [-0.39, 0.29) is 5.69 Å². The number of hydrogen-bond donors (Lipinski definition) is 2. The van der Waals surface area contributed by atoms with Gasteiger partial charge >= 0.3 is 5.97 Å². The van der Waals surface area contributed by atoms with Crippen molar-refractivity contribution in [3.05, 3.63) is 64.6 Å². The standard InChI is InChI=1S/C23H25N3O3/c1-14-4-5-18-16(11-14)22-19-3-2-9-25(19)10-7-20(22)26(18)13-21(27)15-6-8-24-17(12-15)23(28)29/h4-6,8,11-12,19,21,27H,2-3,7,9-10,13H2,1H3,(H,28,29). The molecule has 1 aromatic carbocycles. The van der Waals surface area contributed by atoms with Gasteiger partial charge < -0.3 is 14.8 Å². The topological polar surface area (TPSA) is 78.6 Å². The zero-order valence-electron chi connectivity index (χ0n) is 16.5. The average Bonchev–Trinajstić information content (AvgIpc) is 3.30. The zero-order chi connectivity index (χ0) is 20.1. The number of rotatable bonds is 4. The second kappa shape index (κ2) is 6.97. The Morgan fingerprint density at radius 3 is 2.97 bits per heavy atom. The Hall–Kier alpha value is -2.70. The van der Waals surface area contributed by atoms with Crippen LogP contribution in [0.15, 0.2) is 36.5 Å². The van der Waals surface area contributed by atoms with Crippen molar-refractivity contribution < 1.29 is 15.0 Å². The second-order valence-electron chi connectivity index (χ2n) is 8.23. The molecule has 2 N–H and O–H groups in total. The molecule has 6 heteroatoms. The third-order valence-corrected chi connectivity index (χ3v) is 6.45. The van der Waals surface area contributed by atoms with Crippen molar-refractivity contribution in [2.24, 2.45) is 0 Å². The number of benzene rings is 1. The van der Waals surface area contributed by atoms with Gasteiger partial charge in [-0.2, -0.15) is 0 Å². The molecule has 0 radical (unpaired) electrons. The van der Waals surface area contributed by atoms with Gasteiger partial charge in [-0.1, -0.05) is 11.6 Å². The highest BCUT2D eigenvalue weighted by molar-refractivity contribution is 5.87. The zero-order valence-corrected chi connectivity index (χ0v) is 16.5. The lowest BCUT2D eigenvalue weighted by molar-refractivity contribution is 0.0690. The lowest BCUT2D eigenvalue weighted by atomic mass is 9.95. The number of pyridine rings is 1. The van der Waals surface area contributed by atoms with Gasteiger partial charge in [-0.15, -0.1) is 0 Å². The normalized spacial score (nSPS) is 19.9. The van der Waals surface area contributed by atoms with Crippen molar-refractivity contribution in [3.63, 3.8) is 0 Å². The van der Waals surface area contributed by atoms with E-state index in [0.717, 1.165) is 18.5 Å². The number of fused-ring (bicyclic) bond motifs is 5. The summed E-state index contributed by atoms with van der Waals surface area (Å²) in [6, 6.07) is 10.2. The number of aryl methyl sites for hydroxylation is 1. The predicted octanol–water partition coefficient (Wildman–Crippen LogP) is 3.47. The lowest BCUT2D eigenvalue weighted by Gasteiger charge is -2.31. The highest BCUT2D eigenvalue weighted by Crippen LogP contribution is 2.43. The van der Waals surface area contributed by atoms with Crippen LogP contribution in [0.1, 0.15) is 57.9 Å². The van der Waals surface area contributed by atoms with Gasteiger partial charge in [0, 0.05) is 41.8 Å². The average molecular weight is 391 g/mol. The van der Waals surface area contributed by atoms with Crippen LogP contribution in [-0.2, 0) is 13.0 Å². The summed E-state index contributed by atoms with van der Waals surface area (Å²) in [5.74, 6) is -1.08. The maximum atomic E-state index is 11.2. The Labute approximate surface area is 169 Å². The van der Waals surface area contributed by atoms with Gasteiger partial charge in [-0.3, -0.25) is 4.90 Å². The van der Waals surface area contributed by atoms with Crippen LogP contribution in [0.2, 0.25) is 0 Å².